The van der Waals surface area contributed by atoms with E-state index in [-0.39, 0.29) is 12.3 Å². The summed E-state index contributed by atoms with van der Waals surface area (Å²) < 4.78 is 5.69. The Labute approximate surface area is 87.3 Å². The molecule has 2 aliphatic rings. The Kier molecular flexibility index (Phi) is 1.84. The predicted molar refractivity (Wildman–Crippen MR) is 51.8 cm³/mol. The van der Waals surface area contributed by atoms with E-state index in [0.717, 1.165) is 30.2 Å². The van der Waals surface area contributed by atoms with Crippen LogP contribution >= 0.6 is 0 Å². The van der Waals surface area contributed by atoms with Gasteiger partial charge in [0.1, 0.15) is 5.76 Å². The van der Waals surface area contributed by atoms with E-state index in [1.165, 1.54) is 12.8 Å². The first-order valence-corrected chi connectivity index (χ1v) is 5.45. The molecule has 0 aromatic carbocycles. The van der Waals surface area contributed by atoms with E-state index < -0.39 is 5.97 Å². The average molecular weight is 207 g/mol. The van der Waals surface area contributed by atoms with Gasteiger partial charge in [-0.3, -0.25) is 4.79 Å². The van der Waals surface area contributed by atoms with Gasteiger partial charge in [-0.25, -0.2) is 4.98 Å². The zero-order chi connectivity index (χ0) is 10.4. The molecule has 1 fully saturated rings. The smallest absolute Gasteiger partial charge is 0.304 e. The van der Waals surface area contributed by atoms with Crippen molar-refractivity contribution in [3.63, 3.8) is 0 Å². The summed E-state index contributed by atoms with van der Waals surface area (Å²) in [7, 11) is 0. The number of aryl methyl sites for hydroxylation is 1. The van der Waals surface area contributed by atoms with Crippen LogP contribution in [0.4, 0.5) is 0 Å². The molecule has 0 saturated heterocycles. The number of fused-ring (bicyclic) bond motifs is 1. The summed E-state index contributed by atoms with van der Waals surface area (Å²) in [5.74, 6) is 1.50. The largest absolute Gasteiger partial charge is 0.481 e. The Morgan fingerprint density at radius 1 is 1.47 bits per heavy atom. The van der Waals surface area contributed by atoms with Crippen molar-refractivity contribution in [1.29, 1.82) is 0 Å². The van der Waals surface area contributed by atoms with Gasteiger partial charge in [-0.15, -0.1) is 0 Å². The molecule has 1 N–H and O–H groups in total. The summed E-state index contributed by atoms with van der Waals surface area (Å²) >= 11 is 0. The van der Waals surface area contributed by atoms with Crippen LogP contribution in [-0.4, -0.2) is 16.1 Å². The van der Waals surface area contributed by atoms with Gasteiger partial charge in [0, 0.05) is 11.8 Å². The van der Waals surface area contributed by atoms with Gasteiger partial charge < -0.3 is 9.52 Å². The highest BCUT2D eigenvalue weighted by molar-refractivity contribution is 5.68. The van der Waals surface area contributed by atoms with Crippen LogP contribution in [0.15, 0.2) is 4.42 Å². The maximum absolute atomic E-state index is 10.7. The van der Waals surface area contributed by atoms with E-state index in [2.05, 4.69) is 4.98 Å². The second-order valence-electron chi connectivity index (χ2n) is 4.47. The van der Waals surface area contributed by atoms with E-state index in [1.807, 2.05) is 0 Å². The van der Waals surface area contributed by atoms with Crippen molar-refractivity contribution >= 4 is 5.97 Å². The van der Waals surface area contributed by atoms with Crippen molar-refractivity contribution in [1.82, 2.24) is 4.98 Å². The van der Waals surface area contributed by atoms with Crippen LogP contribution in [0, 0.1) is 0 Å². The van der Waals surface area contributed by atoms with Crippen molar-refractivity contribution < 1.29 is 14.3 Å². The Balaban J connectivity index is 1.84. The number of carbonyl (C=O) groups is 1. The molecule has 0 bridgehead atoms. The van der Waals surface area contributed by atoms with Crippen LogP contribution < -0.4 is 0 Å². The normalized spacial score (nSPS) is 24.1. The third-order valence-corrected chi connectivity index (χ3v) is 3.19. The second-order valence-corrected chi connectivity index (χ2v) is 4.47. The summed E-state index contributed by atoms with van der Waals surface area (Å²) in [6.45, 7) is 0. The molecule has 4 heteroatoms. The van der Waals surface area contributed by atoms with Gasteiger partial charge in [-0.05, 0) is 25.7 Å². The highest BCUT2D eigenvalue weighted by Gasteiger charge is 2.35. The zero-order valence-electron chi connectivity index (χ0n) is 8.40. The first kappa shape index (κ1) is 8.95. The SMILES string of the molecule is O=C(O)CC1CCc2nc(C3CC3)oc21. The first-order valence-electron chi connectivity index (χ1n) is 5.45. The minimum atomic E-state index is -0.753. The number of carboxylic acids is 1. The molecule has 80 valence electrons. The van der Waals surface area contributed by atoms with Crippen LogP contribution in [0.1, 0.15) is 54.9 Å². The van der Waals surface area contributed by atoms with Crippen LogP contribution in [-0.2, 0) is 11.2 Å². The standard InChI is InChI=1S/C11H13NO3/c13-9(14)5-7-3-4-8-10(7)15-11(12-8)6-1-2-6/h6-7H,1-5H2,(H,13,14). The molecular weight excluding hydrogens is 194 g/mol. The van der Waals surface area contributed by atoms with Crippen LogP contribution in [0.3, 0.4) is 0 Å². The van der Waals surface area contributed by atoms with E-state index in [9.17, 15) is 4.79 Å². The molecule has 0 spiro atoms. The lowest BCUT2D eigenvalue weighted by atomic mass is 10.0. The highest BCUT2D eigenvalue weighted by atomic mass is 16.4. The molecule has 4 nitrogen and oxygen atoms in total. The molecule has 1 aromatic rings. The lowest BCUT2D eigenvalue weighted by Crippen LogP contribution is -2.02. The number of nitrogens with zero attached hydrogens (tertiary/aromatic N) is 1. The molecule has 3 rings (SSSR count). The summed E-state index contributed by atoms with van der Waals surface area (Å²) in [6.07, 6.45) is 4.26. The number of hydrogen-bond acceptors (Lipinski definition) is 3. The number of hydrogen-bond donors (Lipinski definition) is 1. The Morgan fingerprint density at radius 2 is 2.27 bits per heavy atom. The molecule has 0 aliphatic heterocycles. The van der Waals surface area contributed by atoms with Gasteiger partial charge in [-0.2, -0.15) is 0 Å². The maximum atomic E-state index is 10.7. The number of oxazole rings is 1. The van der Waals surface area contributed by atoms with Crippen LogP contribution in [0.25, 0.3) is 0 Å². The molecule has 1 heterocycles. The number of carboxylic acid groups (broad SMARTS) is 1. The topological polar surface area (TPSA) is 63.3 Å². The van der Waals surface area contributed by atoms with Crippen molar-refractivity contribution in [2.45, 2.75) is 43.9 Å². The number of aliphatic carboxylic acids is 1. The number of rotatable bonds is 3. The molecule has 1 atom stereocenters. The van der Waals surface area contributed by atoms with E-state index in [1.54, 1.807) is 0 Å². The van der Waals surface area contributed by atoms with Gasteiger partial charge >= 0.3 is 5.97 Å². The molecule has 0 amide bonds. The van der Waals surface area contributed by atoms with E-state index in [4.69, 9.17) is 9.52 Å². The fourth-order valence-electron chi connectivity index (χ4n) is 2.23. The molecule has 1 aromatic heterocycles. The molecule has 15 heavy (non-hydrogen) atoms. The van der Waals surface area contributed by atoms with E-state index >= 15 is 0 Å². The minimum absolute atomic E-state index is 0.0532. The third kappa shape index (κ3) is 1.54. The highest BCUT2D eigenvalue weighted by Crippen LogP contribution is 2.44. The lowest BCUT2D eigenvalue weighted by Gasteiger charge is -2.03. The van der Waals surface area contributed by atoms with E-state index in [0.29, 0.717) is 5.92 Å². The molecule has 2 aliphatic carbocycles. The van der Waals surface area contributed by atoms with Crippen molar-refractivity contribution in [2.24, 2.45) is 0 Å². The average Bonchev–Trinajstić information content (AvgIpc) is 2.84. The lowest BCUT2D eigenvalue weighted by molar-refractivity contribution is -0.137. The summed E-state index contributed by atoms with van der Waals surface area (Å²) in [5, 5.41) is 8.77. The van der Waals surface area contributed by atoms with Gasteiger partial charge in [0.25, 0.3) is 0 Å². The van der Waals surface area contributed by atoms with Crippen molar-refractivity contribution in [3.8, 4) is 0 Å². The Hall–Kier alpha value is -1.32. The summed E-state index contributed by atoms with van der Waals surface area (Å²) in [6, 6.07) is 0. The van der Waals surface area contributed by atoms with Gasteiger partial charge in [0.15, 0.2) is 5.89 Å². The fraction of sp³-hybridized carbons (Fsp3) is 0.636. The first-order chi connectivity index (χ1) is 7.24. The van der Waals surface area contributed by atoms with Crippen molar-refractivity contribution in [2.75, 3.05) is 0 Å². The minimum Gasteiger partial charge on any atom is -0.481 e. The second kappa shape index (κ2) is 3.08. The summed E-state index contributed by atoms with van der Waals surface area (Å²) in [5.41, 5.74) is 1.00. The third-order valence-electron chi connectivity index (χ3n) is 3.19. The van der Waals surface area contributed by atoms with Gasteiger partial charge in [0.05, 0.1) is 12.1 Å². The molecule has 0 radical (unpaired) electrons. The molecule has 1 unspecified atom stereocenters. The maximum Gasteiger partial charge on any atom is 0.304 e. The number of aromatic nitrogens is 1. The zero-order valence-corrected chi connectivity index (χ0v) is 8.40. The van der Waals surface area contributed by atoms with Crippen LogP contribution in [0.5, 0.6) is 0 Å². The monoisotopic (exact) mass is 207 g/mol. The molecular formula is C11H13NO3. The Morgan fingerprint density at radius 3 is 2.93 bits per heavy atom. The van der Waals surface area contributed by atoms with Gasteiger partial charge in [-0.1, -0.05) is 0 Å². The summed E-state index contributed by atoms with van der Waals surface area (Å²) in [4.78, 5) is 15.1. The Bertz CT molecular complexity index is 406. The predicted octanol–water partition coefficient (Wildman–Crippen LogP) is 2.06. The van der Waals surface area contributed by atoms with Crippen molar-refractivity contribution in [3.05, 3.63) is 17.3 Å². The molecule has 1 saturated carbocycles. The van der Waals surface area contributed by atoms with Crippen LogP contribution in [0.2, 0.25) is 0 Å². The fourth-order valence-corrected chi connectivity index (χ4v) is 2.23. The quantitative estimate of drug-likeness (QED) is 0.823. The van der Waals surface area contributed by atoms with Gasteiger partial charge in [0.2, 0.25) is 0 Å².